The van der Waals surface area contributed by atoms with E-state index < -0.39 is 0 Å². The summed E-state index contributed by atoms with van der Waals surface area (Å²) in [4.78, 5) is 0. The largest absolute Gasteiger partial charge is 0.330 e. The van der Waals surface area contributed by atoms with Gasteiger partial charge >= 0.3 is 0 Å². The molecule has 0 spiro atoms. The Morgan fingerprint density at radius 2 is 1.79 bits per heavy atom. The lowest BCUT2D eigenvalue weighted by atomic mass is 10.0. The van der Waals surface area contributed by atoms with Gasteiger partial charge in [-0.2, -0.15) is 0 Å². The molecule has 0 aliphatic rings. The lowest BCUT2D eigenvalue weighted by Crippen LogP contribution is -2.12. The Labute approximate surface area is 96.0 Å². The second-order valence-corrected chi connectivity index (χ2v) is 3.53. The molecule has 80 valence electrons. The number of hydrogen-bond acceptors (Lipinski definition) is 2. The molecule has 2 nitrogen and oxygen atoms in total. The van der Waals surface area contributed by atoms with Gasteiger partial charge in [-0.25, -0.2) is 0 Å². The molecular formula is C10H16Cl2N2. The molecule has 4 heteroatoms. The van der Waals surface area contributed by atoms with Crippen LogP contribution in [0.4, 0.5) is 0 Å². The van der Waals surface area contributed by atoms with Gasteiger partial charge in [-0.1, -0.05) is 23.7 Å². The molecule has 1 atom stereocenters. The van der Waals surface area contributed by atoms with Crippen molar-refractivity contribution in [2.75, 3.05) is 6.54 Å². The van der Waals surface area contributed by atoms with Crippen LogP contribution in [-0.2, 0) is 0 Å². The quantitative estimate of drug-likeness (QED) is 0.842. The third-order valence-corrected chi connectivity index (χ3v) is 2.27. The standard InChI is InChI=1S/C10H15ClN2.ClH/c11-9-5-3-8(4-6-9)10(13)2-1-7-12;/h3-6,10H,1-2,7,12-13H2;1H/t10-;/m0./s1. The lowest BCUT2D eigenvalue weighted by Gasteiger charge is -2.10. The monoisotopic (exact) mass is 234 g/mol. The van der Waals surface area contributed by atoms with E-state index in [9.17, 15) is 0 Å². The molecule has 14 heavy (non-hydrogen) atoms. The maximum absolute atomic E-state index is 5.93. The summed E-state index contributed by atoms with van der Waals surface area (Å²) in [6.07, 6.45) is 1.89. The molecule has 0 bridgehead atoms. The molecule has 0 amide bonds. The topological polar surface area (TPSA) is 52.0 Å². The highest BCUT2D eigenvalue weighted by molar-refractivity contribution is 6.30. The van der Waals surface area contributed by atoms with Gasteiger partial charge in [-0.05, 0) is 37.1 Å². The van der Waals surface area contributed by atoms with Gasteiger partial charge in [0, 0.05) is 11.1 Å². The van der Waals surface area contributed by atoms with Crippen LogP contribution < -0.4 is 11.5 Å². The maximum Gasteiger partial charge on any atom is 0.0406 e. The number of hydrogen-bond donors (Lipinski definition) is 2. The molecule has 0 aromatic heterocycles. The average molecular weight is 235 g/mol. The molecule has 0 saturated carbocycles. The van der Waals surface area contributed by atoms with Crippen molar-refractivity contribution in [2.24, 2.45) is 11.5 Å². The van der Waals surface area contributed by atoms with Crippen molar-refractivity contribution in [1.82, 2.24) is 0 Å². The summed E-state index contributed by atoms with van der Waals surface area (Å²) < 4.78 is 0. The Morgan fingerprint density at radius 3 is 2.29 bits per heavy atom. The molecule has 0 fully saturated rings. The molecule has 1 aromatic rings. The highest BCUT2D eigenvalue weighted by Crippen LogP contribution is 2.17. The molecule has 0 unspecified atom stereocenters. The van der Waals surface area contributed by atoms with Gasteiger partial charge in [0.1, 0.15) is 0 Å². The van der Waals surface area contributed by atoms with Gasteiger partial charge < -0.3 is 11.5 Å². The zero-order chi connectivity index (χ0) is 9.68. The molecule has 0 heterocycles. The van der Waals surface area contributed by atoms with E-state index in [0.29, 0.717) is 6.54 Å². The van der Waals surface area contributed by atoms with Gasteiger partial charge in [0.25, 0.3) is 0 Å². The Kier molecular flexibility index (Phi) is 6.93. The van der Waals surface area contributed by atoms with Crippen molar-refractivity contribution >= 4 is 24.0 Å². The highest BCUT2D eigenvalue weighted by atomic mass is 35.5. The number of halogens is 2. The van der Waals surface area contributed by atoms with E-state index in [-0.39, 0.29) is 18.4 Å². The van der Waals surface area contributed by atoms with Gasteiger partial charge in [-0.3, -0.25) is 0 Å². The van der Waals surface area contributed by atoms with Gasteiger partial charge in [0.05, 0.1) is 0 Å². The Bertz CT molecular complexity index is 249. The fourth-order valence-corrected chi connectivity index (χ4v) is 1.34. The molecular weight excluding hydrogens is 219 g/mol. The van der Waals surface area contributed by atoms with Gasteiger partial charge in [0.2, 0.25) is 0 Å². The fourth-order valence-electron chi connectivity index (χ4n) is 1.21. The SMILES string of the molecule is Cl.NCCC[C@H](N)c1ccc(Cl)cc1. The predicted octanol–water partition coefficient (Wildman–Crippen LogP) is 2.50. The fraction of sp³-hybridized carbons (Fsp3) is 0.400. The van der Waals surface area contributed by atoms with Crippen molar-refractivity contribution in [1.29, 1.82) is 0 Å². The van der Waals surface area contributed by atoms with E-state index in [0.717, 1.165) is 23.4 Å². The smallest absolute Gasteiger partial charge is 0.0406 e. The van der Waals surface area contributed by atoms with Crippen molar-refractivity contribution < 1.29 is 0 Å². The van der Waals surface area contributed by atoms with Crippen molar-refractivity contribution in [3.63, 3.8) is 0 Å². The van der Waals surface area contributed by atoms with E-state index in [1.807, 2.05) is 24.3 Å². The summed E-state index contributed by atoms with van der Waals surface area (Å²) in [5, 5.41) is 0.745. The van der Waals surface area contributed by atoms with Crippen LogP contribution in [-0.4, -0.2) is 6.54 Å². The Balaban J connectivity index is 0.00000169. The van der Waals surface area contributed by atoms with Crippen LogP contribution in [0, 0.1) is 0 Å². The third-order valence-electron chi connectivity index (χ3n) is 2.02. The first kappa shape index (κ1) is 13.7. The molecule has 0 radical (unpaired) electrons. The van der Waals surface area contributed by atoms with Crippen LogP contribution in [0.3, 0.4) is 0 Å². The maximum atomic E-state index is 5.93. The molecule has 0 saturated heterocycles. The Hall–Kier alpha value is -0.280. The zero-order valence-electron chi connectivity index (χ0n) is 7.95. The summed E-state index contributed by atoms with van der Waals surface area (Å²) >= 11 is 5.76. The summed E-state index contributed by atoms with van der Waals surface area (Å²) in [6.45, 7) is 0.696. The predicted molar refractivity (Wildman–Crippen MR) is 63.9 cm³/mol. The molecule has 0 aliphatic carbocycles. The van der Waals surface area contributed by atoms with E-state index in [4.69, 9.17) is 23.1 Å². The van der Waals surface area contributed by atoms with Gasteiger partial charge in [0.15, 0.2) is 0 Å². The van der Waals surface area contributed by atoms with Crippen LogP contribution in [0.1, 0.15) is 24.4 Å². The van der Waals surface area contributed by atoms with E-state index >= 15 is 0 Å². The Morgan fingerprint density at radius 1 is 1.21 bits per heavy atom. The summed E-state index contributed by atoms with van der Waals surface area (Å²) in [5.41, 5.74) is 12.5. The minimum atomic E-state index is 0. The first-order valence-corrected chi connectivity index (χ1v) is 4.83. The van der Waals surface area contributed by atoms with Crippen molar-refractivity contribution in [3.8, 4) is 0 Å². The van der Waals surface area contributed by atoms with E-state index in [2.05, 4.69) is 0 Å². The lowest BCUT2D eigenvalue weighted by molar-refractivity contribution is 0.618. The van der Waals surface area contributed by atoms with Crippen LogP contribution >= 0.6 is 24.0 Å². The molecule has 1 rings (SSSR count). The van der Waals surface area contributed by atoms with E-state index in [1.165, 1.54) is 0 Å². The van der Waals surface area contributed by atoms with Crippen LogP contribution in [0.15, 0.2) is 24.3 Å². The highest BCUT2D eigenvalue weighted by Gasteiger charge is 2.04. The normalized spacial score (nSPS) is 11.9. The summed E-state index contributed by atoms with van der Waals surface area (Å²) in [5.74, 6) is 0. The zero-order valence-corrected chi connectivity index (χ0v) is 9.52. The first-order chi connectivity index (χ1) is 6.24. The second-order valence-electron chi connectivity index (χ2n) is 3.09. The number of rotatable bonds is 4. The minimum Gasteiger partial charge on any atom is -0.330 e. The van der Waals surface area contributed by atoms with Crippen LogP contribution in [0.5, 0.6) is 0 Å². The van der Waals surface area contributed by atoms with Crippen LogP contribution in [0.2, 0.25) is 5.02 Å². The molecule has 1 aromatic carbocycles. The molecule has 4 N–H and O–H groups in total. The van der Waals surface area contributed by atoms with Crippen molar-refractivity contribution in [2.45, 2.75) is 18.9 Å². The van der Waals surface area contributed by atoms with Gasteiger partial charge in [-0.15, -0.1) is 12.4 Å². The number of nitrogens with two attached hydrogens (primary N) is 2. The van der Waals surface area contributed by atoms with Crippen molar-refractivity contribution in [3.05, 3.63) is 34.9 Å². The minimum absolute atomic E-state index is 0. The second kappa shape index (κ2) is 7.07. The van der Waals surface area contributed by atoms with E-state index in [1.54, 1.807) is 0 Å². The van der Waals surface area contributed by atoms with Crippen LogP contribution in [0.25, 0.3) is 0 Å². The summed E-state index contributed by atoms with van der Waals surface area (Å²) in [7, 11) is 0. The number of benzene rings is 1. The summed E-state index contributed by atoms with van der Waals surface area (Å²) in [6, 6.07) is 7.73. The first-order valence-electron chi connectivity index (χ1n) is 4.45. The third kappa shape index (κ3) is 4.29. The average Bonchev–Trinajstić information content (AvgIpc) is 2.15. The molecule has 0 aliphatic heterocycles.